The zero-order valence-electron chi connectivity index (χ0n) is 10.2. The van der Waals surface area contributed by atoms with Crippen LogP contribution in [0, 0.1) is 5.92 Å². The summed E-state index contributed by atoms with van der Waals surface area (Å²) in [7, 11) is 0. The molecule has 0 amide bonds. The fourth-order valence-corrected chi connectivity index (χ4v) is 3.60. The molecule has 0 aromatic heterocycles. The van der Waals surface area contributed by atoms with Gasteiger partial charge in [0.05, 0.1) is 0 Å². The van der Waals surface area contributed by atoms with E-state index >= 15 is 0 Å². The molecule has 0 aromatic carbocycles. The van der Waals surface area contributed by atoms with E-state index in [0.717, 1.165) is 12.5 Å². The highest BCUT2D eigenvalue weighted by molar-refractivity contribution is 4.96. The van der Waals surface area contributed by atoms with E-state index in [2.05, 4.69) is 11.8 Å². The van der Waals surface area contributed by atoms with Crippen molar-refractivity contribution in [1.29, 1.82) is 0 Å². The maximum Gasteiger partial charge on any atom is 0.0334 e. The Morgan fingerprint density at radius 1 is 1.20 bits per heavy atom. The zero-order chi connectivity index (χ0) is 10.7. The van der Waals surface area contributed by atoms with E-state index < -0.39 is 0 Å². The van der Waals surface area contributed by atoms with E-state index in [1.54, 1.807) is 0 Å². The van der Waals surface area contributed by atoms with E-state index in [1.165, 1.54) is 58.0 Å². The van der Waals surface area contributed by atoms with Crippen molar-refractivity contribution in [1.82, 2.24) is 4.90 Å². The minimum atomic E-state index is 0.373. The molecule has 0 spiro atoms. The van der Waals surface area contributed by atoms with Gasteiger partial charge < -0.3 is 5.73 Å². The average Bonchev–Trinajstić information content (AvgIpc) is 2.30. The van der Waals surface area contributed by atoms with Crippen LogP contribution < -0.4 is 5.73 Å². The number of rotatable bonds is 2. The highest BCUT2D eigenvalue weighted by atomic mass is 15.2. The average molecular weight is 210 g/mol. The molecule has 0 aromatic rings. The lowest BCUT2D eigenvalue weighted by atomic mass is 9.74. The molecule has 2 unspecified atom stereocenters. The van der Waals surface area contributed by atoms with Crippen molar-refractivity contribution in [3.05, 3.63) is 0 Å². The summed E-state index contributed by atoms with van der Waals surface area (Å²) in [5, 5.41) is 0. The predicted molar refractivity (Wildman–Crippen MR) is 64.8 cm³/mol. The van der Waals surface area contributed by atoms with Gasteiger partial charge in [-0.25, -0.2) is 0 Å². The molecule has 1 saturated heterocycles. The molecule has 1 aliphatic carbocycles. The molecule has 2 N–H and O–H groups in total. The number of piperidine rings is 1. The second-order valence-electron chi connectivity index (χ2n) is 5.68. The SMILES string of the molecule is CC1CCCC(CN)(N2CCCCC2)C1. The Balaban J connectivity index is 2.04. The van der Waals surface area contributed by atoms with Crippen LogP contribution in [0.5, 0.6) is 0 Å². The first-order valence-corrected chi connectivity index (χ1v) is 6.72. The van der Waals surface area contributed by atoms with Crippen molar-refractivity contribution in [3.8, 4) is 0 Å². The summed E-state index contributed by atoms with van der Waals surface area (Å²) in [4.78, 5) is 2.71. The van der Waals surface area contributed by atoms with E-state index in [0.29, 0.717) is 5.54 Å². The van der Waals surface area contributed by atoms with Gasteiger partial charge >= 0.3 is 0 Å². The lowest BCUT2D eigenvalue weighted by Crippen LogP contribution is -2.57. The number of nitrogens with two attached hydrogens (primary N) is 1. The number of likely N-dealkylation sites (tertiary alicyclic amines) is 1. The Morgan fingerprint density at radius 3 is 2.53 bits per heavy atom. The lowest BCUT2D eigenvalue weighted by molar-refractivity contribution is 0.0246. The third-order valence-corrected chi connectivity index (χ3v) is 4.47. The van der Waals surface area contributed by atoms with Crippen LogP contribution >= 0.6 is 0 Å². The Labute approximate surface area is 94.2 Å². The first-order chi connectivity index (χ1) is 7.27. The fourth-order valence-electron chi connectivity index (χ4n) is 3.60. The van der Waals surface area contributed by atoms with Crippen LogP contribution in [0.25, 0.3) is 0 Å². The van der Waals surface area contributed by atoms with E-state index in [1.807, 2.05) is 0 Å². The van der Waals surface area contributed by atoms with Crippen LogP contribution in [0.2, 0.25) is 0 Å². The summed E-state index contributed by atoms with van der Waals surface area (Å²) in [6.07, 6.45) is 9.67. The topological polar surface area (TPSA) is 29.3 Å². The van der Waals surface area contributed by atoms with Crippen molar-refractivity contribution in [2.45, 2.75) is 57.4 Å². The van der Waals surface area contributed by atoms with Gasteiger partial charge in [0, 0.05) is 12.1 Å². The Hall–Kier alpha value is -0.0800. The normalized spacial score (nSPS) is 39.2. The molecular formula is C13H26N2. The summed E-state index contributed by atoms with van der Waals surface area (Å²) in [5.74, 6) is 0.879. The summed E-state index contributed by atoms with van der Waals surface area (Å²) < 4.78 is 0. The van der Waals surface area contributed by atoms with Gasteiger partial charge in [-0.3, -0.25) is 4.90 Å². The molecular weight excluding hydrogens is 184 g/mol. The second kappa shape index (κ2) is 4.84. The highest BCUT2D eigenvalue weighted by Gasteiger charge is 2.39. The maximum atomic E-state index is 6.09. The standard InChI is InChI=1S/C13H26N2/c1-12-6-5-7-13(10-12,11-14)15-8-3-2-4-9-15/h12H,2-11,14H2,1H3. The van der Waals surface area contributed by atoms with E-state index in [4.69, 9.17) is 5.73 Å². The van der Waals surface area contributed by atoms with E-state index in [-0.39, 0.29) is 0 Å². The molecule has 2 aliphatic rings. The van der Waals surface area contributed by atoms with Gasteiger partial charge in [-0.05, 0) is 44.7 Å². The van der Waals surface area contributed by atoms with Crippen molar-refractivity contribution >= 4 is 0 Å². The molecule has 15 heavy (non-hydrogen) atoms. The summed E-state index contributed by atoms with van der Waals surface area (Å²) in [5.41, 5.74) is 6.46. The van der Waals surface area contributed by atoms with Crippen LogP contribution in [-0.4, -0.2) is 30.1 Å². The fraction of sp³-hybridized carbons (Fsp3) is 1.00. The van der Waals surface area contributed by atoms with Gasteiger partial charge in [0.2, 0.25) is 0 Å². The zero-order valence-corrected chi connectivity index (χ0v) is 10.2. The van der Waals surface area contributed by atoms with Crippen molar-refractivity contribution in [2.75, 3.05) is 19.6 Å². The van der Waals surface area contributed by atoms with Gasteiger partial charge in [-0.2, -0.15) is 0 Å². The Bertz CT molecular complexity index is 199. The summed E-state index contributed by atoms with van der Waals surface area (Å²) >= 11 is 0. The van der Waals surface area contributed by atoms with Crippen LogP contribution in [0.15, 0.2) is 0 Å². The molecule has 2 heteroatoms. The van der Waals surface area contributed by atoms with Gasteiger partial charge in [0.1, 0.15) is 0 Å². The Morgan fingerprint density at radius 2 is 1.93 bits per heavy atom. The molecule has 0 radical (unpaired) electrons. The Kier molecular flexibility index (Phi) is 3.68. The number of hydrogen-bond donors (Lipinski definition) is 1. The van der Waals surface area contributed by atoms with Crippen LogP contribution in [-0.2, 0) is 0 Å². The molecule has 1 saturated carbocycles. The quantitative estimate of drug-likeness (QED) is 0.758. The molecule has 0 bridgehead atoms. The van der Waals surface area contributed by atoms with Crippen LogP contribution in [0.3, 0.4) is 0 Å². The van der Waals surface area contributed by atoms with Crippen molar-refractivity contribution in [2.24, 2.45) is 11.7 Å². The first-order valence-electron chi connectivity index (χ1n) is 6.72. The maximum absolute atomic E-state index is 6.09. The molecule has 2 atom stereocenters. The minimum absolute atomic E-state index is 0.373. The smallest absolute Gasteiger partial charge is 0.0334 e. The molecule has 88 valence electrons. The minimum Gasteiger partial charge on any atom is -0.329 e. The lowest BCUT2D eigenvalue weighted by Gasteiger charge is -2.49. The van der Waals surface area contributed by atoms with E-state index in [9.17, 15) is 0 Å². The van der Waals surface area contributed by atoms with Gasteiger partial charge in [0.15, 0.2) is 0 Å². The number of nitrogens with zero attached hydrogens (tertiary/aromatic N) is 1. The first kappa shape index (κ1) is 11.4. The molecule has 2 rings (SSSR count). The monoisotopic (exact) mass is 210 g/mol. The second-order valence-corrected chi connectivity index (χ2v) is 5.68. The predicted octanol–water partition coefficient (Wildman–Crippen LogP) is 2.38. The van der Waals surface area contributed by atoms with Gasteiger partial charge in [-0.1, -0.05) is 26.2 Å². The van der Waals surface area contributed by atoms with Gasteiger partial charge in [-0.15, -0.1) is 0 Å². The van der Waals surface area contributed by atoms with Crippen LogP contribution in [0.1, 0.15) is 51.9 Å². The summed E-state index contributed by atoms with van der Waals surface area (Å²) in [6, 6.07) is 0. The third-order valence-electron chi connectivity index (χ3n) is 4.47. The largest absolute Gasteiger partial charge is 0.329 e. The summed E-state index contributed by atoms with van der Waals surface area (Å²) in [6.45, 7) is 5.86. The molecule has 1 aliphatic heterocycles. The number of hydrogen-bond acceptors (Lipinski definition) is 2. The van der Waals surface area contributed by atoms with Crippen molar-refractivity contribution in [3.63, 3.8) is 0 Å². The molecule has 2 fully saturated rings. The third kappa shape index (κ3) is 2.36. The highest BCUT2D eigenvalue weighted by Crippen LogP contribution is 2.37. The molecule has 2 nitrogen and oxygen atoms in total. The van der Waals surface area contributed by atoms with Crippen molar-refractivity contribution < 1.29 is 0 Å². The molecule has 1 heterocycles. The van der Waals surface area contributed by atoms with Gasteiger partial charge in [0.25, 0.3) is 0 Å². The van der Waals surface area contributed by atoms with Crippen LogP contribution in [0.4, 0.5) is 0 Å².